The molecule has 19 heavy (non-hydrogen) atoms. The quantitative estimate of drug-likeness (QED) is 0.765. The van der Waals surface area contributed by atoms with E-state index in [-0.39, 0.29) is 5.91 Å². The predicted octanol–water partition coefficient (Wildman–Crippen LogP) is 1.26. The maximum atomic E-state index is 12.5. The lowest BCUT2D eigenvalue weighted by molar-refractivity contribution is 0.0785. The first kappa shape index (κ1) is 12.7. The molecule has 104 valence electrons. The average molecular weight is 262 g/mol. The van der Waals surface area contributed by atoms with E-state index >= 15 is 0 Å². The molecule has 2 aliphatic heterocycles. The molecule has 5 heteroatoms. The fourth-order valence-electron chi connectivity index (χ4n) is 3.07. The van der Waals surface area contributed by atoms with Crippen LogP contribution in [0.3, 0.4) is 0 Å². The molecule has 3 heterocycles. The maximum absolute atomic E-state index is 12.5. The minimum absolute atomic E-state index is 0.123. The molecule has 2 aliphatic rings. The molecule has 1 aromatic rings. The number of aromatic nitrogens is 2. The summed E-state index contributed by atoms with van der Waals surface area (Å²) in [6.45, 7) is 6.74. The van der Waals surface area contributed by atoms with Crippen molar-refractivity contribution in [1.82, 2.24) is 19.6 Å². The van der Waals surface area contributed by atoms with Gasteiger partial charge >= 0.3 is 0 Å². The molecule has 0 unspecified atom stereocenters. The minimum Gasteiger partial charge on any atom is -0.337 e. The van der Waals surface area contributed by atoms with Crippen molar-refractivity contribution in [3.05, 3.63) is 17.0 Å². The molecule has 1 amide bonds. The van der Waals surface area contributed by atoms with Crippen molar-refractivity contribution in [2.75, 3.05) is 26.7 Å². The van der Waals surface area contributed by atoms with E-state index in [4.69, 9.17) is 0 Å². The van der Waals surface area contributed by atoms with E-state index in [0.717, 1.165) is 57.5 Å². The van der Waals surface area contributed by atoms with Gasteiger partial charge in [-0.3, -0.25) is 9.48 Å². The molecule has 0 radical (unpaired) electrons. The van der Waals surface area contributed by atoms with E-state index in [2.05, 4.69) is 17.0 Å². The Bertz CT molecular complexity index is 488. The SMILES string of the molecule is Cc1c(C(=O)N2CCCC2)nn2c1CN(C)CCC2. The number of aryl methyl sites for hydroxylation is 1. The number of fused-ring (bicyclic) bond motifs is 1. The first-order valence-corrected chi connectivity index (χ1v) is 7.21. The Morgan fingerprint density at radius 3 is 2.58 bits per heavy atom. The third-order valence-corrected chi connectivity index (χ3v) is 4.25. The number of carbonyl (C=O) groups excluding carboxylic acids is 1. The van der Waals surface area contributed by atoms with Crippen molar-refractivity contribution in [3.8, 4) is 0 Å². The summed E-state index contributed by atoms with van der Waals surface area (Å²) < 4.78 is 2.04. The Labute approximate surface area is 114 Å². The number of amides is 1. The molecule has 1 saturated heterocycles. The number of hydrogen-bond donors (Lipinski definition) is 0. The summed E-state index contributed by atoms with van der Waals surface area (Å²) in [6.07, 6.45) is 3.35. The Morgan fingerprint density at radius 1 is 1.11 bits per heavy atom. The Morgan fingerprint density at radius 2 is 1.84 bits per heavy atom. The number of carbonyl (C=O) groups is 1. The summed E-state index contributed by atoms with van der Waals surface area (Å²) in [7, 11) is 2.13. The monoisotopic (exact) mass is 262 g/mol. The van der Waals surface area contributed by atoms with Crippen LogP contribution in [0.4, 0.5) is 0 Å². The lowest BCUT2D eigenvalue weighted by Gasteiger charge is -2.14. The zero-order valence-corrected chi connectivity index (χ0v) is 11.9. The van der Waals surface area contributed by atoms with Gasteiger partial charge in [0.15, 0.2) is 5.69 Å². The Kier molecular flexibility index (Phi) is 3.31. The lowest BCUT2D eigenvalue weighted by Crippen LogP contribution is -2.28. The Hall–Kier alpha value is -1.36. The van der Waals surface area contributed by atoms with Crippen molar-refractivity contribution >= 4 is 5.91 Å². The van der Waals surface area contributed by atoms with Gasteiger partial charge in [-0.25, -0.2) is 0 Å². The van der Waals surface area contributed by atoms with Crippen LogP contribution < -0.4 is 0 Å². The molecular weight excluding hydrogens is 240 g/mol. The van der Waals surface area contributed by atoms with Crippen LogP contribution in [0.25, 0.3) is 0 Å². The molecule has 1 fully saturated rings. The van der Waals surface area contributed by atoms with Crippen LogP contribution in [0.2, 0.25) is 0 Å². The summed E-state index contributed by atoms with van der Waals surface area (Å²) in [5.74, 6) is 0.123. The molecule has 0 aromatic carbocycles. The van der Waals surface area contributed by atoms with E-state index in [1.165, 1.54) is 5.69 Å². The van der Waals surface area contributed by atoms with Gasteiger partial charge in [-0.2, -0.15) is 5.10 Å². The second-order valence-corrected chi connectivity index (χ2v) is 5.73. The largest absolute Gasteiger partial charge is 0.337 e. The third-order valence-electron chi connectivity index (χ3n) is 4.25. The van der Waals surface area contributed by atoms with E-state index in [9.17, 15) is 4.79 Å². The fourth-order valence-corrected chi connectivity index (χ4v) is 3.07. The van der Waals surface area contributed by atoms with Crippen LogP contribution >= 0.6 is 0 Å². The van der Waals surface area contributed by atoms with E-state index in [0.29, 0.717) is 5.69 Å². The molecule has 0 spiro atoms. The van der Waals surface area contributed by atoms with Crippen LogP contribution in [0, 0.1) is 6.92 Å². The zero-order chi connectivity index (χ0) is 13.4. The molecular formula is C14H22N4O. The fraction of sp³-hybridized carbons (Fsp3) is 0.714. The lowest BCUT2D eigenvalue weighted by atomic mass is 10.2. The summed E-state index contributed by atoms with van der Waals surface area (Å²) in [5.41, 5.74) is 2.96. The molecule has 0 atom stereocenters. The topological polar surface area (TPSA) is 41.4 Å². The first-order valence-electron chi connectivity index (χ1n) is 7.21. The van der Waals surface area contributed by atoms with Gasteiger partial charge in [0.1, 0.15) is 0 Å². The second-order valence-electron chi connectivity index (χ2n) is 5.73. The predicted molar refractivity (Wildman–Crippen MR) is 73.1 cm³/mol. The normalized spacial score (nSPS) is 20.4. The summed E-state index contributed by atoms with van der Waals surface area (Å²) in [5, 5.41) is 4.59. The van der Waals surface area contributed by atoms with Crippen molar-refractivity contribution in [2.24, 2.45) is 0 Å². The molecule has 0 bridgehead atoms. The van der Waals surface area contributed by atoms with Crippen molar-refractivity contribution < 1.29 is 4.79 Å². The molecule has 0 aliphatic carbocycles. The van der Waals surface area contributed by atoms with Crippen LogP contribution in [0.1, 0.15) is 41.0 Å². The van der Waals surface area contributed by atoms with Gasteiger partial charge in [0.2, 0.25) is 0 Å². The number of likely N-dealkylation sites (tertiary alicyclic amines) is 1. The minimum atomic E-state index is 0.123. The van der Waals surface area contributed by atoms with Crippen molar-refractivity contribution in [1.29, 1.82) is 0 Å². The standard InChI is InChI=1S/C14H22N4O/c1-11-12-10-16(2)6-5-9-18(12)15-13(11)14(19)17-7-3-4-8-17/h3-10H2,1-2H3. The van der Waals surface area contributed by atoms with Gasteiger partial charge < -0.3 is 9.80 Å². The summed E-state index contributed by atoms with van der Waals surface area (Å²) in [4.78, 5) is 16.7. The maximum Gasteiger partial charge on any atom is 0.274 e. The molecule has 1 aromatic heterocycles. The second kappa shape index (κ2) is 4.96. The van der Waals surface area contributed by atoms with E-state index < -0.39 is 0 Å². The number of rotatable bonds is 1. The van der Waals surface area contributed by atoms with Crippen molar-refractivity contribution in [3.63, 3.8) is 0 Å². The van der Waals surface area contributed by atoms with Crippen LogP contribution in [0.15, 0.2) is 0 Å². The molecule has 0 N–H and O–H groups in total. The first-order chi connectivity index (χ1) is 9.16. The van der Waals surface area contributed by atoms with Gasteiger partial charge in [0, 0.05) is 38.3 Å². The highest BCUT2D eigenvalue weighted by Gasteiger charge is 2.27. The highest BCUT2D eigenvalue weighted by Crippen LogP contribution is 2.21. The number of nitrogens with zero attached hydrogens (tertiary/aromatic N) is 4. The Balaban J connectivity index is 1.91. The molecule has 5 nitrogen and oxygen atoms in total. The summed E-state index contributed by atoms with van der Waals surface area (Å²) in [6, 6.07) is 0. The smallest absolute Gasteiger partial charge is 0.274 e. The van der Waals surface area contributed by atoms with Gasteiger partial charge in [-0.05, 0) is 33.2 Å². The zero-order valence-electron chi connectivity index (χ0n) is 11.9. The number of hydrogen-bond acceptors (Lipinski definition) is 3. The highest BCUT2D eigenvalue weighted by molar-refractivity contribution is 5.94. The molecule has 0 saturated carbocycles. The van der Waals surface area contributed by atoms with E-state index in [1.54, 1.807) is 0 Å². The average Bonchev–Trinajstić information content (AvgIpc) is 2.96. The van der Waals surface area contributed by atoms with Gasteiger partial charge in [-0.15, -0.1) is 0 Å². The van der Waals surface area contributed by atoms with Gasteiger partial charge in [0.25, 0.3) is 5.91 Å². The third kappa shape index (κ3) is 2.27. The van der Waals surface area contributed by atoms with Crippen LogP contribution in [0.5, 0.6) is 0 Å². The highest BCUT2D eigenvalue weighted by atomic mass is 16.2. The van der Waals surface area contributed by atoms with Crippen LogP contribution in [-0.2, 0) is 13.1 Å². The van der Waals surface area contributed by atoms with Gasteiger partial charge in [-0.1, -0.05) is 0 Å². The van der Waals surface area contributed by atoms with Crippen molar-refractivity contribution in [2.45, 2.75) is 39.3 Å². The van der Waals surface area contributed by atoms with Crippen LogP contribution in [-0.4, -0.2) is 52.2 Å². The van der Waals surface area contributed by atoms with Gasteiger partial charge in [0.05, 0.1) is 5.69 Å². The summed E-state index contributed by atoms with van der Waals surface area (Å²) >= 11 is 0. The van der Waals surface area contributed by atoms with E-state index in [1.807, 2.05) is 16.5 Å². The molecule has 3 rings (SSSR count).